The van der Waals surface area contributed by atoms with Crippen molar-refractivity contribution in [3.8, 4) is 5.75 Å². The van der Waals surface area contributed by atoms with Gasteiger partial charge in [0.25, 0.3) is 0 Å². The highest BCUT2D eigenvalue weighted by Crippen LogP contribution is 2.26. The first-order chi connectivity index (χ1) is 9.74. The fourth-order valence-electron chi connectivity index (χ4n) is 2.03. The van der Waals surface area contributed by atoms with Crippen LogP contribution in [0.5, 0.6) is 5.75 Å². The van der Waals surface area contributed by atoms with Gasteiger partial charge in [0.1, 0.15) is 17.9 Å². The van der Waals surface area contributed by atoms with Crippen molar-refractivity contribution < 1.29 is 4.74 Å². The SMILES string of the molecule is Nc1ccc(COc2cccc3cccnc23)c(Br)c1. The number of fused-ring (bicyclic) bond motifs is 1. The number of rotatable bonds is 3. The van der Waals surface area contributed by atoms with Crippen LogP contribution in [0, 0.1) is 0 Å². The molecule has 0 bridgehead atoms. The van der Waals surface area contributed by atoms with Crippen LogP contribution < -0.4 is 10.5 Å². The molecule has 0 radical (unpaired) electrons. The highest BCUT2D eigenvalue weighted by molar-refractivity contribution is 9.10. The van der Waals surface area contributed by atoms with E-state index in [1.165, 1.54) is 0 Å². The normalized spacial score (nSPS) is 10.7. The molecule has 0 amide bonds. The Bertz CT molecular complexity index is 753. The summed E-state index contributed by atoms with van der Waals surface area (Å²) < 4.78 is 6.84. The van der Waals surface area contributed by atoms with Crippen LogP contribution >= 0.6 is 15.9 Å². The van der Waals surface area contributed by atoms with E-state index in [4.69, 9.17) is 10.5 Å². The maximum absolute atomic E-state index is 5.89. The van der Waals surface area contributed by atoms with Gasteiger partial charge in [-0.1, -0.05) is 40.2 Å². The molecule has 0 fully saturated rings. The van der Waals surface area contributed by atoms with Crippen LogP contribution in [0.3, 0.4) is 0 Å². The molecule has 0 saturated carbocycles. The molecule has 0 spiro atoms. The number of nitrogen functional groups attached to an aromatic ring is 1. The summed E-state index contributed by atoms with van der Waals surface area (Å²) in [5.41, 5.74) is 8.38. The van der Waals surface area contributed by atoms with Crippen LogP contribution in [0.2, 0.25) is 0 Å². The topological polar surface area (TPSA) is 48.1 Å². The first-order valence-electron chi connectivity index (χ1n) is 6.24. The van der Waals surface area contributed by atoms with Crippen LogP contribution in [0.4, 0.5) is 5.69 Å². The van der Waals surface area contributed by atoms with Crippen molar-refractivity contribution >= 4 is 32.5 Å². The Labute approximate surface area is 125 Å². The molecule has 2 aromatic carbocycles. The predicted octanol–water partition coefficient (Wildman–Crippen LogP) is 4.16. The Morgan fingerprint density at radius 1 is 1.10 bits per heavy atom. The van der Waals surface area contributed by atoms with Gasteiger partial charge < -0.3 is 10.5 Å². The minimum absolute atomic E-state index is 0.469. The second-order valence-corrected chi connectivity index (χ2v) is 5.33. The van der Waals surface area contributed by atoms with E-state index < -0.39 is 0 Å². The molecule has 0 aliphatic carbocycles. The summed E-state index contributed by atoms with van der Waals surface area (Å²) in [4.78, 5) is 4.37. The van der Waals surface area contributed by atoms with E-state index in [0.29, 0.717) is 6.61 Å². The lowest BCUT2D eigenvalue weighted by molar-refractivity contribution is 0.308. The fraction of sp³-hybridized carbons (Fsp3) is 0.0625. The Morgan fingerprint density at radius 2 is 1.95 bits per heavy atom. The molecule has 3 nitrogen and oxygen atoms in total. The third-order valence-corrected chi connectivity index (χ3v) is 3.79. The average molecular weight is 329 g/mol. The predicted molar refractivity (Wildman–Crippen MR) is 84.6 cm³/mol. The molecule has 0 unspecified atom stereocenters. The zero-order chi connectivity index (χ0) is 13.9. The van der Waals surface area contributed by atoms with E-state index in [0.717, 1.165) is 32.4 Å². The van der Waals surface area contributed by atoms with Crippen molar-refractivity contribution in [2.45, 2.75) is 6.61 Å². The number of para-hydroxylation sites is 1. The monoisotopic (exact) mass is 328 g/mol. The van der Waals surface area contributed by atoms with Crippen LogP contribution in [-0.4, -0.2) is 4.98 Å². The largest absolute Gasteiger partial charge is 0.487 e. The van der Waals surface area contributed by atoms with E-state index >= 15 is 0 Å². The summed E-state index contributed by atoms with van der Waals surface area (Å²) in [7, 11) is 0. The summed E-state index contributed by atoms with van der Waals surface area (Å²) in [5.74, 6) is 0.784. The molecule has 1 heterocycles. The number of nitrogens with zero attached hydrogens (tertiary/aromatic N) is 1. The van der Waals surface area contributed by atoms with Gasteiger partial charge in [0.05, 0.1) is 0 Å². The van der Waals surface area contributed by atoms with Gasteiger partial charge in [-0.05, 0) is 24.3 Å². The van der Waals surface area contributed by atoms with E-state index in [1.54, 1.807) is 6.20 Å². The molecule has 0 aliphatic rings. The quantitative estimate of drug-likeness (QED) is 0.734. The van der Waals surface area contributed by atoms with Gasteiger partial charge in [0.15, 0.2) is 0 Å². The number of hydrogen-bond acceptors (Lipinski definition) is 3. The number of aromatic nitrogens is 1. The van der Waals surface area contributed by atoms with Gasteiger partial charge >= 0.3 is 0 Å². The third-order valence-electron chi connectivity index (χ3n) is 3.06. The molecule has 100 valence electrons. The minimum Gasteiger partial charge on any atom is -0.487 e. The fourth-order valence-corrected chi connectivity index (χ4v) is 2.54. The summed E-state index contributed by atoms with van der Waals surface area (Å²) in [6.07, 6.45) is 1.77. The molecule has 0 atom stereocenters. The standard InChI is InChI=1S/C16H13BrN2O/c17-14-9-13(18)7-6-12(14)10-20-15-5-1-3-11-4-2-8-19-16(11)15/h1-9H,10,18H2. The molecular formula is C16H13BrN2O. The highest BCUT2D eigenvalue weighted by Gasteiger charge is 2.05. The summed E-state index contributed by atoms with van der Waals surface area (Å²) >= 11 is 3.49. The maximum atomic E-state index is 5.89. The summed E-state index contributed by atoms with van der Waals surface area (Å²) in [5, 5.41) is 1.07. The molecule has 3 aromatic rings. The first-order valence-corrected chi connectivity index (χ1v) is 7.04. The van der Waals surface area contributed by atoms with Gasteiger partial charge in [0.2, 0.25) is 0 Å². The van der Waals surface area contributed by atoms with E-state index in [1.807, 2.05) is 48.5 Å². The molecule has 0 saturated heterocycles. The van der Waals surface area contributed by atoms with Crippen LogP contribution in [0.15, 0.2) is 59.2 Å². The molecule has 3 rings (SSSR count). The van der Waals surface area contributed by atoms with Gasteiger partial charge in [0, 0.05) is 27.3 Å². The Kier molecular flexibility index (Phi) is 3.56. The van der Waals surface area contributed by atoms with E-state index in [2.05, 4.69) is 20.9 Å². The lowest BCUT2D eigenvalue weighted by Crippen LogP contribution is -1.98. The number of anilines is 1. The Hall–Kier alpha value is -2.07. The van der Waals surface area contributed by atoms with Crippen molar-refractivity contribution in [3.63, 3.8) is 0 Å². The molecular weight excluding hydrogens is 316 g/mol. The molecule has 4 heteroatoms. The Morgan fingerprint density at radius 3 is 2.80 bits per heavy atom. The zero-order valence-electron chi connectivity index (χ0n) is 10.7. The molecule has 20 heavy (non-hydrogen) atoms. The number of benzene rings is 2. The average Bonchev–Trinajstić information content (AvgIpc) is 2.46. The molecule has 1 aromatic heterocycles. The second-order valence-electron chi connectivity index (χ2n) is 4.47. The zero-order valence-corrected chi connectivity index (χ0v) is 12.3. The minimum atomic E-state index is 0.469. The van der Waals surface area contributed by atoms with Crippen LogP contribution in [0.25, 0.3) is 10.9 Å². The van der Waals surface area contributed by atoms with Gasteiger partial charge in [-0.2, -0.15) is 0 Å². The number of halogens is 1. The first kappa shape index (κ1) is 12.9. The lowest BCUT2D eigenvalue weighted by atomic mass is 10.2. The van der Waals surface area contributed by atoms with Crippen molar-refractivity contribution in [3.05, 3.63) is 64.8 Å². The van der Waals surface area contributed by atoms with Gasteiger partial charge in [-0.25, -0.2) is 0 Å². The summed E-state index contributed by atoms with van der Waals surface area (Å²) in [6, 6.07) is 15.6. The van der Waals surface area contributed by atoms with Gasteiger partial charge in [-0.15, -0.1) is 0 Å². The number of pyridine rings is 1. The second kappa shape index (κ2) is 5.51. The number of ether oxygens (including phenoxy) is 1. The summed E-state index contributed by atoms with van der Waals surface area (Å²) in [6.45, 7) is 0.469. The Balaban J connectivity index is 1.87. The number of hydrogen-bond donors (Lipinski definition) is 1. The van der Waals surface area contributed by atoms with Crippen LogP contribution in [0.1, 0.15) is 5.56 Å². The highest BCUT2D eigenvalue weighted by atomic mass is 79.9. The van der Waals surface area contributed by atoms with Crippen molar-refractivity contribution in [1.82, 2.24) is 4.98 Å². The molecule has 2 N–H and O–H groups in total. The van der Waals surface area contributed by atoms with E-state index in [-0.39, 0.29) is 0 Å². The maximum Gasteiger partial charge on any atom is 0.146 e. The number of nitrogens with two attached hydrogens (primary N) is 1. The van der Waals surface area contributed by atoms with Crippen LogP contribution in [-0.2, 0) is 6.61 Å². The van der Waals surface area contributed by atoms with Crippen molar-refractivity contribution in [1.29, 1.82) is 0 Å². The lowest BCUT2D eigenvalue weighted by Gasteiger charge is -2.10. The van der Waals surface area contributed by atoms with Crippen molar-refractivity contribution in [2.24, 2.45) is 0 Å². The van der Waals surface area contributed by atoms with Gasteiger partial charge in [-0.3, -0.25) is 4.98 Å². The third kappa shape index (κ3) is 2.60. The van der Waals surface area contributed by atoms with Crippen molar-refractivity contribution in [2.75, 3.05) is 5.73 Å². The van der Waals surface area contributed by atoms with E-state index in [9.17, 15) is 0 Å². The smallest absolute Gasteiger partial charge is 0.146 e. The molecule has 0 aliphatic heterocycles.